The highest BCUT2D eigenvalue weighted by Crippen LogP contribution is 2.35. The number of thiazole rings is 1. The number of halogens is 3. The Morgan fingerprint density at radius 1 is 1.09 bits per heavy atom. The molecule has 0 aliphatic rings. The first-order valence-electron chi connectivity index (χ1n) is 10.0. The minimum absolute atomic E-state index is 0.0610. The van der Waals surface area contributed by atoms with Gasteiger partial charge in [-0.15, -0.1) is 11.3 Å². The summed E-state index contributed by atoms with van der Waals surface area (Å²) in [5.74, 6) is -0.0610. The van der Waals surface area contributed by atoms with E-state index < -0.39 is 21.8 Å². The summed E-state index contributed by atoms with van der Waals surface area (Å²) in [5.41, 5.74) is 2.94. The molecule has 2 heterocycles. The number of nitrogens with zero attached hydrogens (tertiary/aromatic N) is 2. The highest BCUT2D eigenvalue weighted by molar-refractivity contribution is 7.92. The Morgan fingerprint density at radius 2 is 1.86 bits per heavy atom. The number of aromatic hydroxyl groups is 1. The molecule has 5 aromatic rings. The summed E-state index contributed by atoms with van der Waals surface area (Å²) in [6.07, 6.45) is -3.12. The number of aromatic amines is 1. The Bertz CT molecular complexity index is 1690. The van der Waals surface area contributed by atoms with Crippen LogP contribution >= 0.6 is 11.3 Å². The molecule has 3 aromatic carbocycles. The molecule has 0 saturated heterocycles. The van der Waals surface area contributed by atoms with Gasteiger partial charge in [0, 0.05) is 17.3 Å². The van der Waals surface area contributed by atoms with Crippen LogP contribution in [0.2, 0.25) is 0 Å². The van der Waals surface area contributed by atoms with Crippen LogP contribution in [-0.2, 0) is 16.2 Å². The number of aromatic nitrogens is 2. The van der Waals surface area contributed by atoms with Crippen molar-refractivity contribution < 1.29 is 26.7 Å². The fourth-order valence-electron chi connectivity index (χ4n) is 3.56. The van der Waals surface area contributed by atoms with E-state index in [1.54, 1.807) is 5.51 Å². The third-order valence-corrected chi connectivity index (χ3v) is 7.47. The monoisotopic (exact) mass is 516 g/mol. The summed E-state index contributed by atoms with van der Waals surface area (Å²) >= 11 is 1.43. The van der Waals surface area contributed by atoms with Crippen molar-refractivity contribution in [3.63, 3.8) is 0 Å². The lowest BCUT2D eigenvalue weighted by Gasteiger charge is -2.11. The molecule has 7 nitrogen and oxygen atoms in total. The first kappa shape index (κ1) is 22.9. The largest absolute Gasteiger partial charge is 0.494 e. The van der Waals surface area contributed by atoms with Crippen molar-refractivity contribution in [1.29, 1.82) is 0 Å². The summed E-state index contributed by atoms with van der Waals surface area (Å²) < 4.78 is 67.0. The van der Waals surface area contributed by atoms with Crippen LogP contribution in [0.3, 0.4) is 0 Å². The summed E-state index contributed by atoms with van der Waals surface area (Å²) in [7, 11) is -4.12. The summed E-state index contributed by atoms with van der Waals surface area (Å²) in [6.45, 7) is 0. The summed E-state index contributed by atoms with van der Waals surface area (Å²) in [4.78, 5) is 11.4. The van der Waals surface area contributed by atoms with E-state index in [0.29, 0.717) is 11.3 Å². The molecule has 0 amide bonds. The SMILES string of the molecule is O=S(=O)(Nc1cccc(C(F)(F)F)c1)c1ccc(N=Cc2c(O)[nH]c3ccc4ncsc4c23)cc1. The number of hydrogen-bond acceptors (Lipinski definition) is 6. The smallest absolute Gasteiger partial charge is 0.416 e. The number of H-pyrrole nitrogens is 1. The van der Waals surface area contributed by atoms with Gasteiger partial charge < -0.3 is 10.1 Å². The molecule has 0 unspecified atom stereocenters. The number of fused-ring (bicyclic) bond motifs is 3. The molecule has 3 N–H and O–H groups in total. The molecule has 0 fully saturated rings. The van der Waals surface area contributed by atoms with E-state index in [1.165, 1.54) is 47.9 Å². The van der Waals surface area contributed by atoms with Gasteiger partial charge in [-0.25, -0.2) is 13.4 Å². The average molecular weight is 517 g/mol. The standard InChI is InChI=1S/C23H15F3N4O3S2/c24-23(25,26)13-2-1-3-15(10-13)30-35(32,33)16-6-4-14(5-7-16)27-11-17-20-18(29-22(17)31)8-9-19-21(20)34-12-28-19/h1-12,29-31H. The second-order valence-corrected chi connectivity index (χ2v) is 10.0. The zero-order chi connectivity index (χ0) is 24.8. The third-order valence-electron chi connectivity index (χ3n) is 5.21. The molecule has 0 saturated carbocycles. The van der Waals surface area contributed by atoms with E-state index in [2.05, 4.69) is 19.7 Å². The zero-order valence-electron chi connectivity index (χ0n) is 17.5. The molecular formula is C23H15F3N4O3S2. The van der Waals surface area contributed by atoms with Crippen LogP contribution in [0, 0.1) is 0 Å². The topological polar surface area (TPSA) is 107 Å². The normalized spacial score (nSPS) is 12.7. The minimum atomic E-state index is -4.59. The molecule has 0 atom stereocenters. The van der Waals surface area contributed by atoms with Gasteiger partial charge in [0.15, 0.2) is 5.88 Å². The second kappa shape index (κ2) is 8.40. The van der Waals surface area contributed by atoms with Crippen molar-refractivity contribution in [1.82, 2.24) is 9.97 Å². The number of anilines is 1. The fourth-order valence-corrected chi connectivity index (χ4v) is 5.46. The van der Waals surface area contributed by atoms with Gasteiger partial charge in [-0.1, -0.05) is 6.07 Å². The van der Waals surface area contributed by atoms with Crippen molar-refractivity contribution in [3.05, 3.63) is 77.3 Å². The van der Waals surface area contributed by atoms with Crippen LogP contribution < -0.4 is 4.72 Å². The predicted octanol–water partition coefficient (Wildman–Crippen LogP) is 6.05. The lowest BCUT2D eigenvalue weighted by atomic mass is 10.1. The maximum Gasteiger partial charge on any atom is 0.416 e. The number of alkyl halides is 3. The maximum absolute atomic E-state index is 12.9. The summed E-state index contributed by atoms with van der Waals surface area (Å²) in [5, 5.41) is 11.1. The Kier molecular flexibility index (Phi) is 5.49. The van der Waals surface area contributed by atoms with Crippen molar-refractivity contribution in [3.8, 4) is 5.88 Å². The molecular weight excluding hydrogens is 501 g/mol. The zero-order valence-corrected chi connectivity index (χ0v) is 19.2. The fraction of sp³-hybridized carbons (Fsp3) is 0.0435. The van der Waals surface area contributed by atoms with E-state index in [-0.39, 0.29) is 16.5 Å². The van der Waals surface area contributed by atoms with Crippen LogP contribution in [0.15, 0.2) is 76.1 Å². The Morgan fingerprint density at radius 3 is 2.60 bits per heavy atom. The van der Waals surface area contributed by atoms with Crippen LogP contribution in [0.5, 0.6) is 5.88 Å². The molecule has 5 rings (SSSR count). The number of nitrogens with one attached hydrogen (secondary N) is 2. The molecule has 0 radical (unpaired) electrons. The Balaban J connectivity index is 1.40. The van der Waals surface area contributed by atoms with Crippen LogP contribution in [0.1, 0.15) is 11.1 Å². The Hall–Kier alpha value is -3.90. The molecule has 0 aliphatic carbocycles. The lowest BCUT2D eigenvalue weighted by molar-refractivity contribution is -0.137. The van der Waals surface area contributed by atoms with E-state index in [1.807, 2.05) is 12.1 Å². The van der Waals surface area contributed by atoms with E-state index in [0.717, 1.165) is 39.3 Å². The predicted molar refractivity (Wildman–Crippen MR) is 129 cm³/mol. The van der Waals surface area contributed by atoms with E-state index in [4.69, 9.17) is 0 Å². The molecule has 35 heavy (non-hydrogen) atoms. The number of hydrogen-bond donors (Lipinski definition) is 3. The Labute approximate surface area is 200 Å². The number of aliphatic imine (C=N–C) groups is 1. The molecule has 0 spiro atoms. The van der Waals surface area contributed by atoms with Gasteiger partial charge in [0.2, 0.25) is 0 Å². The van der Waals surface area contributed by atoms with Crippen molar-refractivity contribution >= 4 is 60.1 Å². The van der Waals surface area contributed by atoms with Gasteiger partial charge >= 0.3 is 6.18 Å². The van der Waals surface area contributed by atoms with Gasteiger partial charge in [0.25, 0.3) is 10.0 Å². The first-order valence-corrected chi connectivity index (χ1v) is 12.4. The van der Waals surface area contributed by atoms with Gasteiger partial charge in [-0.2, -0.15) is 13.2 Å². The third kappa shape index (κ3) is 4.45. The lowest BCUT2D eigenvalue weighted by Crippen LogP contribution is -2.13. The van der Waals surface area contributed by atoms with Crippen molar-refractivity contribution in [2.75, 3.05) is 4.72 Å². The van der Waals surface area contributed by atoms with E-state index in [9.17, 15) is 26.7 Å². The summed E-state index contributed by atoms with van der Waals surface area (Å²) in [6, 6.07) is 13.1. The van der Waals surface area contributed by atoms with Crippen LogP contribution in [0.4, 0.5) is 24.5 Å². The molecule has 178 valence electrons. The highest BCUT2D eigenvalue weighted by atomic mass is 32.2. The molecule has 2 aromatic heterocycles. The molecule has 12 heteroatoms. The van der Waals surface area contributed by atoms with Crippen LogP contribution in [-0.4, -0.2) is 29.7 Å². The van der Waals surface area contributed by atoms with Gasteiger partial charge in [0.05, 0.1) is 43.0 Å². The van der Waals surface area contributed by atoms with Crippen molar-refractivity contribution in [2.24, 2.45) is 4.99 Å². The first-order chi connectivity index (χ1) is 16.6. The van der Waals surface area contributed by atoms with Gasteiger partial charge in [0.1, 0.15) is 0 Å². The molecule has 0 aliphatic heterocycles. The maximum atomic E-state index is 12.9. The number of rotatable bonds is 5. The quantitative estimate of drug-likeness (QED) is 0.247. The minimum Gasteiger partial charge on any atom is -0.494 e. The van der Waals surface area contributed by atoms with Crippen molar-refractivity contribution in [2.45, 2.75) is 11.1 Å². The van der Waals surface area contributed by atoms with E-state index >= 15 is 0 Å². The average Bonchev–Trinajstić information content (AvgIpc) is 3.40. The number of sulfonamides is 1. The van der Waals surface area contributed by atoms with Gasteiger partial charge in [-0.3, -0.25) is 9.71 Å². The second-order valence-electron chi connectivity index (χ2n) is 7.51. The van der Waals surface area contributed by atoms with Gasteiger partial charge in [-0.05, 0) is 54.6 Å². The highest BCUT2D eigenvalue weighted by Gasteiger charge is 2.30. The van der Waals surface area contributed by atoms with Crippen LogP contribution in [0.25, 0.3) is 21.1 Å². The number of benzene rings is 3. The molecule has 0 bridgehead atoms.